The van der Waals surface area contributed by atoms with Crippen LogP contribution in [0.3, 0.4) is 0 Å². The zero-order chi connectivity index (χ0) is 6.08. The molecule has 0 aromatic heterocycles. The topological polar surface area (TPSA) is 20.2 Å². The van der Waals surface area contributed by atoms with Crippen molar-refractivity contribution in [3.8, 4) is 0 Å². The van der Waals surface area contributed by atoms with E-state index in [0.717, 1.165) is 0 Å². The third kappa shape index (κ3) is 3.35. The monoisotopic (exact) mass is 158 g/mol. The molecule has 0 aromatic carbocycles. The Morgan fingerprint density at radius 1 is 1.43 bits per heavy atom. The minimum atomic E-state index is -2.20. The summed E-state index contributed by atoms with van der Waals surface area (Å²) in [6.45, 7) is 3.38. The average molecular weight is 159 g/mol. The lowest BCUT2D eigenvalue weighted by atomic mass is 11.8. The van der Waals surface area contributed by atoms with Gasteiger partial charge in [0.05, 0.1) is 0 Å². The molecule has 0 spiro atoms. The van der Waals surface area contributed by atoms with Crippen molar-refractivity contribution in [2.24, 2.45) is 0 Å². The van der Waals surface area contributed by atoms with E-state index in [-0.39, 0.29) is 0 Å². The summed E-state index contributed by atoms with van der Waals surface area (Å²) in [5.41, 5.74) is 0. The molecule has 4 heteroatoms. The number of rotatable bonds is 1. The van der Waals surface area contributed by atoms with Gasteiger partial charge in [-0.25, -0.2) is 0 Å². The maximum absolute atomic E-state index is 8.97. The zero-order valence-electron chi connectivity index (χ0n) is 4.28. The lowest BCUT2D eigenvalue weighted by Crippen LogP contribution is -2.33. The first-order chi connectivity index (χ1) is 2.94. The fourth-order valence-corrected chi connectivity index (χ4v) is 0. The average Bonchev–Trinajstić information content (AvgIpc) is 1.31. The van der Waals surface area contributed by atoms with Crippen LogP contribution in [0.15, 0.2) is 0 Å². The standard InChI is InChI=1S/C3H8Cl2OSi/c1-7(2,6)3(4)5/h3,6H,1-2H3. The Bertz CT molecular complexity index is 58.4. The van der Waals surface area contributed by atoms with Crippen molar-refractivity contribution in [1.29, 1.82) is 0 Å². The number of hydrogen-bond acceptors (Lipinski definition) is 1. The Labute approximate surface area is 54.4 Å². The molecule has 0 heterocycles. The van der Waals surface area contributed by atoms with Crippen LogP contribution in [0, 0.1) is 0 Å². The summed E-state index contributed by atoms with van der Waals surface area (Å²) in [5, 5.41) is 0. The second kappa shape index (κ2) is 2.35. The van der Waals surface area contributed by atoms with Gasteiger partial charge in [0, 0.05) is 0 Å². The van der Waals surface area contributed by atoms with Gasteiger partial charge in [-0.2, -0.15) is 0 Å². The largest absolute Gasteiger partial charge is 0.430 e. The van der Waals surface area contributed by atoms with Gasteiger partial charge in [-0.15, -0.1) is 23.2 Å². The van der Waals surface area contributed by atoms with Crippen LogP contribution in [-0.2, 0) is 0 Å². The molecular formula is C3H8Cl2OSi. The lowest BCUT2D eigenvalue weighted by molar-refractivity contribution is 0.555. The van der Waals surface area contributed by atoms with E-state index in [9.17, 15) is 0 Å². The fraction of sp³-hybridized carbons (Fsp3) is 1.00. The smallest absolute Gasteiger partial charge is 0.215 e. The van der Waals surface area contributed by atoms with Crippen LogP contribution in [0.2, 0.25) is 13.1 Å². The third-order valence-corrected chi connectivity index (χ3v) is 4.81. The van der Waals surface area contributed by atoms with Gasteiger partial charge in [0.25, 0.3) is 0 Å². The highest BCUT2D eigenvalue weighted by atomic mass is 35.5. The highest BCUT2D eigenvalue weighted by Gasteiger charge is 2.25. The molecule has 0 fully saturated rings. The summed E-state index contributed by atoms with van der Waals surface area (Å²) < 4.78 is -0.562. The molecule has 0 saturated heterocycles. The predicted molar refractivity (Wildman–Crippen MR) is 35.2 cm³/mol. The minimum Gasteiger partial charge on any atom is -0.430 e. The molecule has 0 atom stereocenters. The molecule has 0 aliphatic heterocycles. The Morgan fingerprint density at radius 2 is 1.57 bits per heavy atom. The van der Waals surface area contributed by atoms with Crippen molar-refractivity contribution in [3.63, 3.8) is 0 Å². The molecular weight excluding hydrogens is 151 g/mol. The van der Waals surface area contributed by atoms with E-state index >= 15 is 0 Å². The van der Waals surface area contributed by atoms with Crippen LogP contribution >= 0.6 is 23.2 Å². The van der Waals surface area contributed by atoms with E-state index in [1.807, 2.05) is 0 Å². The van der Waals surface area contributed by atoms with E-state index in [0.29, 0.717) is 0 Å². The molecule has 0 amide bonds. The van der Waals surface area contributed by atoms with Crippen LogP contribution in [-0.4, -0.2) is 17.6 Å². The molecule has 0 saturated carbocycles. The van der Waals surface area contributed by atoms with E-state index < -0.39 is 12.8 Å². The second-order valence-corrected chi connectivity index (χ2v) is 7.67. The van der Waals surface area contributed by atoms with Crippen LogP contribution < -0.4 is 0 Å². The fourth-order valence-electron chi connectivity index (χ4n) is 0. The van der Waals surface area contributed by atoms with Crippen molar-refractivity contribution >= 4 is 31.5 Å². The summed E-state index contributed by atoms with van der Waals surface area (Å²) >= 11 is 10.7. The molecule has 7 heavy (non-hydrogen) atoms. The molecule has 1 N–H and O–H groups in total. The predicted octanol–water partition coefficient (Wildman–Crippen LogP) is 1.53. The Morgan fingerprint density at radius 3 is 1.57 bits per heavy atom. The van der Waals surface area contributed by atoms with Gasteiger partial charge in [0.1, 0.15) is 4.46 Å². The summed E-state index contributed by atoms with van der Waals surface area (Å²) in [4.78, 5) is 8.97. The van der Waals surface area contributed by atoms with Gasteiger partial charge in [-0.3, -0.25) is 0 Å². The third-order valence-electron chi connectivity index (χ3n) is 0.534. The lowest BCUT2D eigenvalue weighted by Gasteiger charge is -2.13. The van der Waals surface area contributed by atoms with Gasteiger partial charge >= 0.3 is 0 Å². The van der Waals surface area contributed by atoms with Crippen molar-refractivity contribution in [2.75, 3.05) is 0 Å². The van der Waals surface area contributed by atoms with Crippen molar-refractivity contribution < 1.29 is 4.80 Å². The molecule has 0 aliphatic rings. The van der Waals surface area contributed by atoms with Crippen LogP contribution in [0.1, 0.15) is 0 Å². The summed E-state index contributed by atoms with van der Waals surface area (Å²) in [7, 11) is -2.20. The van der Waals surface area contributed by atoms with Gasteiger partial charge < -0.3 is 4.80 Å². The van der Waals surface area contributed by atoms with Crippen molar-refractivity contribution in [2.45, 2.75) is 17.6 Å². The zero-order valence-corrected chi connectivity index (χ0v) is 6.79. The van der Waals surface area contributed by atoms with Crippen LogP contribution in [0.4, 0.5) is 0 Å². The summed E-state index contributed by atoms with van der Waals surface area (Å²) in [6.07, 6.45) is 0. The number of halogens is 2. The molecule has 0 radical (unpaired) electrons. The molecule has 0 aromatic rings. The van der Waals surface area contributed by atoms with E-state index in [1.54, 1.807) is 13.1 Å². The van der Waals surface area contributed by atoms with Crippen LogP contribution in [0.5, 0.6) is 0 Å². The number of hydrogen-bond donors (Lipinski definition) is 1. The van der Waals surface area contributed by atoms with Gasteiger partial charge in [-0.1, -0.05) is 0 Å². The van der Waals surface area contributed by atoms with E-state index in [4.69, 9.17) is 28.0 Å². The maximum atomic E-state index is 8.97. The first kappa shape index (κ1) is 7.76. The molecule has 44 valence electrons. The second-order valence-electron chi connectivity index (χ2n) is 1.95. The molecule has 0 aliphatic carbocycles. The quantitative estimate of drug-likeness (QED) is 0.454. The minimum absolute atomic E-state index is 0.562. The first-order valence-electron chi connectivity index (χ1n) is 1.95. The molecule has 0 unspecified atom stereocenters. The molecule has 0 bridgehead atoms. The van der Waals surface area contributed by atoms with Gasteiger partial charge in [0.2, 0.25) is 8.32 Å². The van der Waals surface area contributed by atoms with Gasteiger partial charge in [-0.05, 0) is 13.1 Å². The van der Waals surface area contributed by atoms with Gasteiger partial charge in [0.15, 0.2) is 0 Å². The SMILES string of the molecule is C[Si](C)(O)C(Cl)Cl. The maximum Gasteiger partial charge on any atom is 0.215 e. The Kier molecular flexibility index (Phi) is 2.61. The molecule has 0 rings (SSSR count). The Balaban J connectivity index is 3.54. The normalized spacial score (nSPS) is 12.9. The van der Waals surface area contributed by atoms with E-state index in [2.05, 4.69) is 0 Å². The summed E-state index contributed by atoms with van der Waals surface area (Å²) in [5.74, 6) is 0. The van der Waals surface area contributed by atoms with E-state index in [1.165, 1.54) is 0 Å². The summed E-state index contributed by atoms with van der Waals surface area (Å²) in [6, 6.07) is 0. The highest BCUT2D eigenvalue weighted by molar-refractivity contribution is 6.87. The Hall–Kier alpha value is 0.757. The van der Waals surface area contributed by atoms with Crippen molar-refractivity contribution in [3.05, 3.63) is 0 Å². The van der Waals surface area contributed by atoms with Crippen molar-refractivity contribution in [1.82, 2.24) is 0 Å². The van der Waals surface area contributed by atoms with Crippen LogP contribution in [0.25, 0.3) is 0 Å². The highest BCUT2D eigenvalue weighted by Crippen LogP contribution is 2.13. The molecule has 1 nitrogen and oxygen atoms in total. The number of alkyl halides is 2. The first-order valence-corrected chi connectivity index (χ1v) is 5.85.